The van der Waals surface area contributed by atoms with Gasteiger partial charge in [-0.2, -0.15) is 0 Å². The summed E-state index contributed by atoms with van der Waals surface area (Å²) < 4.78 is 32.0. The van der Waals surface area contributed by atoms with E-state index in [-0.39, 0.29) is 11.0 Å². The predicted molar refractivity (Wildman–Crippen MR) is 115 cm³/mol. The first kappa shape index (κ1) is 27.0. The Hall–Kier alpha value is -0.950. The average Bonchev–Trinajstić information content (AvgIpc) is 2.56. The molecule has 28 heavy (non-hydrogen) atoms. The lowest BCUT2D eigenvalue weighted by Crippen LogP contribution is -2.41. The van der Waals surface area contributed by atoms with Crippen LogP contribution in [0.2, 0.25) is 0 Å². The number of aliphatic hydroxyl groups excluding tert-OH is 1. The molecule has 1 rings (SSSR count). The van der Waals surface area contributed by atoms with Crippen molar-refractivity contribution in [1.29, 1.82) is 0 Å². The van der Waals surface area contributed by atoms with Crippen molar-refractivity contribution >= 4 is 10.1 Å². The van der Waals surface area contributed by atoms with Crippen LogP contribution in [0.5, 0.6) is 0 Å². The Balaban J connectivity index is 0.000000567. The molecule has 0 bridgehead atoms. The minimum absolute atomic E-state index is 0.116. The van der Waals surface area contributed by atoms with Crippen LogP contribution >= 0.6 is 0 Å². The number of quaternary nitrogens is 1. The SMILES string of the molecule is CCCCCCCCCCC(O)C[N+](C)(C)C.Cc1ccc(S(=O)(=O)[O-])cc1. The highest BCUT2D eigenvalue weighted by atomic mass is 32.2. The highest BCUT2D eigenvalue weighted by Gasteiger charge is 2.14. The van der Waals surface area contributed by atoms with Crippen molar-refractivity contribution in [3.05, 3.63) is 29.8 Å². The largest absolute Gasteiger partial charge is 0.744 e. The molecule has 0 heterocycles. The summed E-state index contributed by atoms with van der Waals surface area (Å²) in [6.45, 7) is 4.95. The molecule has 0 spiro atoms. The van der Waals surface area contributed by atoms with Crippen LogP contribution in [0.1, 0.15) is 70.3 Å². The van der Waals surface area contributed by atoms with E-state index >= 15 is 0 Å². The summed E-state index contributed by atoms with van der Waals surface area (Å²) in [4.78, 5) is -0.178. The van der Waals surface area contributed by atoms with Gasteiger partial charge < -0.3 is 14.1 Å². The molecule has 0 saturated heterocycles. The number of aliphatic hydroxyl groups is 1. The van der Waals surface area contributed by atoms with Crippen LogP contribution in [0.15, 0.2) is 29.2 Å². The molecule has 0 radical (unpaired) electrons. The van der Waals surface area contributed by atoms with Crippen molar-refractivity contribution in [1.82, 2.24) is 0 Å². The fourth-order valence-corrected chi connectivity index (χ4v) is 3.41. The van der Waals surface area contributed by atoms with Gasteiger partial charge >= 0.3 is 0 Å². The topological polar surface area (TPSA) is 77.4 Å². The molecular weight excluding hydrogens is 374 g/mol. The Bertz CT molecular complexity index is 606. The lowest BCUT2D eigenvalue weighted by Gasteiger charge is -2.26. The summed E-state index contributed by atoms with van der Waals surface area (Å²) in [6.07, 6.45) is 11.6. The molecule has 0 saturated carbocycles. The van der Waals surface area contributed by atoms with Crippen molar-refractivity contribution in [2.75, 3.05) is 27.7 Å². The van der Waals surface area contributed by atoms with Crippen LogP contribution in [0.3, 0.4) is 0 Å². The monoisotopic (exact) mass is 415 g/mol. The van der Waals surface area contributed by atoms with Crippen molar-refractivity contribution in [3.8, 4) is 0 Å². The molecule has 0 amide bonds. The summed E-state index contributed by atoms with van der Waals surface area (Å²) in [5.41, 5.74) is 0.928. The number of nitrogens with zero attached hydrogens (tertiary/aromatic N) is 1. The van der Waals surface area contributed by atoms with E-state index in [1.165, 1.54) is 63.5 Å². The molecule has 164 valence electrons. The highest BCUT2D eigenvalue weighted by Crippen LogP contribution is 2.11. The van der Waals surface area contributed by atoms with Crippen LogP contribution in [-0.4, -0.2) is 56.4 Å². The van der Waals surface area contributed by atoms with E-state index in [0.29, 0.717) is 0 Å². The van der Waals surface area contributed by atoms with Gasteiger partial charge in [0.1, 0.15) is 22.8 Å². The summed E-state index contributed by atoms with van der Waals surface area (Å²) in [6, 6.07) is 5.78. The van der Waals surface area contributed by atoms with Crippen molar-refractivity contribution in [2.45, 2.75) is 82.6 Å². The summed E-state index contributed by atoms with van der Waals surface area (Å²) >= 11 is 0. The Labute approximate surface area is 173 Å². The van der Waals surface area contributed by atoms with Gasteiger partial charge in [0.05, 0.1) is 26.0 Å². The zero-order valence-electron chi connectivity index (χ0n) is 18.5. The molecular formula is C22H41NO4S. The zero-order valence-corrected chi connectivity index (χ0v) is 19.3. The van der Waals surface area contributed by atoms with Gasteiger partial charge in [0.25, 0.3) is 0 Å². The maximum Gasteiger partial charge on any atom is 0.124 e. The third kappa shape index (κ3) is 16.0. The number of unbranched alkanes of at least 4 members (excludes halogenated alkanes) is 7. The van der Waals surface area contributed by atoms with Crippen LogP contribution in [0.25, 0.3) is 0 Å². The summed E-state index contributed by atoms with van der Waals surface area (Å²) in [7, 11) is 2.14. The molecule has 1 N–H and O–H groups in total. The second-order valence-corrected chi connectivity index (χ2v) is 10.0. The third-order valence-corrected chi connectivity index (χ3v) is 5.31. The highest BCUT2D eigenvalue weighted by molar-refractivity contribution is 7.85. The van der Waals surface area contributed by atoms with Crippen molar-refractivity contribution in [3.63, 3.8) is 0 Å². The Kier molecular flexibility index (Phi) is 13.6. The minimum Gasteiger partial charge on any atom is -0.744 e. The van der Waals surface area contributed by atoms with Gasteiger partial charge in [-0.15, -0.1) is 0 Å². The number of likely N-dealkylation sites (N-methyl/N-ethyl adjacent to an activating group) is 1. The standard InChI is InChI=1S/C15H34NO.C7H8O3S/c1-5-6-7-8-9-10-11-12-13-15(17)14-16(2,3)4;1-6-2-4-7(5-3-6)11(8,9)10/h15,17H,5-14H2,1-4H3;2-5H,1H3,(H,8,9,10)/q+1;/p-1. The number of hydrogen-bond acceptors (Lipinski definition) is 4. The molecule has 1 atom stereocenters. The molecule has 0 aromatic heterocycles. The second kappa shape index (κ2) is 14.1. The van der Waals surface area contributed by atoms with Crippen LogP contribution in [-0.2, 0) is 10.1 Å². The van der Waals surface area contributed by atoms with Crippen molar-refractivity contribution < 1.29 is 22.6 Å². The molecule has 0 aliphatic carbocycles. The van der Waals surface area contributed by atoms with Gasteiger partial charge in [-0.3, -0.25) is 0 Å². The smallest absolute Gasteiger partial charge is 0.124 e. The minimum atomic E-state index is -4.27. The van der Waals surface area contributed by atoms with E-state index in [9.17, 15) is 18.1 Å². The number of aryl methyl sites for hydroxylation is 1. The summed E-state index contributed by atoms with van der Waals surface area (Å²) in [5, 5.41) is 9.84. The Morgan fingerprint density at radius 3 is 1.82 bits per heavy atom. The van der Waals surface area contributed by atoms with Gasteiger partial charge in [-0.1, -0.05) is 76.0 Å². The average molecular weight is 416 g/mol. The third-order valence-electron chi connectivity index (χ3n) is 4.46. The van der Waals surface area contributed by atoms with E-state index in [1.807, 2.05) is 6.92 Å². The van der Waals surface area contributed by atoms with Crippen LogP contribution < -0.4 is 0 Å². The van der Waals surface area contributed by atoms with Gasteiger partial charge in [0.2, 0.25) is 0 Å². The normalized spacial score (nSPS) is 13.0. The Morgan fingerprint density at radius 1 is 0.929 bits per heavy atom. The second-order valence-electron chi connectivity index (χ2n) is 8.66. The molecule has 0 aliphatic heterocycles. The first-order valence-corrected chi connectivity index (χ1v) is 11.9. The number of benzene rings is 1. The molecule has 0 aliphatic rings. The fourth-order valence-electron chi connectivity index (χ4n) is 2.94. The van der Waals surface area contributed by atoms with Gasteiger partial charge in [0.15, 0.2) is 0 Å². The van der Waals surface area contributed by atoms with Gasteiger partial charge in [0, 0.05) is 0 Å². The molecule has 1 unspecified atom stereocenters. The molecule has 6 heteroatoms. The molecule has 1 aromatic rings. The summed E-state index contributed by atoms with van der Waals surface area (Å²) in [5.74, 6) is 0. The first-order valence-electron chi connectivity index (χ1n) is 10.5. The molecule has 5 nitrogen and oxygen atoms in total. The maximum absolute atomic E-state index is 10.4. The number of hydrogen-bond donors (Lipinski definition) is 1. The van der Waals surface area contributed by atoms with E-state index in [2.05, 4.69) is 28.1 Å². The zero-order chi connectivity index (χ0) is 21.6. The van der Waals surface area contributed by atoms with Gasteiger partial charge in [-0.05, 0) is 25.5 Å². The lowest BCUT2D eigenvalue weighted by molar-refractivity contribution is -0.873. The Morgan fingerprint density at radius 2 is 1.39 bits per heavy atom. The molecule has 1 aromatic carbocycles. The number of rotatable bonds is 12. The van der Waals surface area contributed by atoms with Crippen LogP contribution in [0.4, 0.5) is 0 Å². The predicted octanol–water partition coefficient (Wildman–Crippen LogP) is 4.48. The van der Waals surface area contributed by atoms with Gasteiger partial charge in [-0.25, -0.2) is 8.42 Å². The van der Waals surface area contributed by atoms with E-state index in [4.69, 9.17) is 0 Å². The quantitative estimate of drug-likeness (QED) is 0.310. The van der Waals surface area contributed by atoms with E-state index in [1.54, 1.807) is 12.1 Å². The van der Waals surface area contributed by atoms with E-state index < -0.39 is 10.1 Å². The van der Waals surface area contributed by atoms with E-state index in [0.717, 1.165) is 23.0 Å². The fraction of sp³-hybridized carbons (Fsp3) is 0.727. The van der Waals surface area contributed by atoms with Crippen molar-refractivity contribution in [2.24, 2.45) is 0 Å². The first-order chi connectivity index (χ1) is 13.0. The maximum atomic E-state index is 10.4. The molecule has 0 fully saturated rings. The lowest BCUT2D eigenvalue weighted by atomic mass is 10.1. The van der Waals surface area contributed by atoms with Crippen LogP contribution in [0, 0.1) is 6.92 Å².